The van der Waals surface area contributed by atoms with Gasteiger partial charge in [0.25, 0.3) is 0 Å². The molecule has 0 aliphatic heterocycles. The minimum absolute atomic E-state index is 0.125. The molecule has 188 valence electrons. The third-order valence-electron chi connectivity index (χ3n) is 6.35. The van der Waals surface area contributed by atoms with Crippen LogP contribution in [0.5, 0.6) is 0 Å². The van der Waals surface area contributed by atoms with Gasteiger partial charge in [0.1, 0.15) is 5.82 Å². The quantitative estimate of drug-likeness (QED) is 0.269. The second-order valence-electron chi connectivity index (χ2n) is 8.91. The van der Waals surface area contributed by atoms with Gasteiger partial charge in [-0.15, -0.1) is 0 Å². The third-order valence-corrected chi connectivity index (χ3v) is 8.28. The van der Waals surface area contributed by atoms with E-state index >= 15 is 0 Å². The van der Waals surface area contributed by atoms with Crippen LogP contribution in [0.3, 0.4) is 0 Å². The van der Waals surface area contributed by atoms with Crippen LogP contribution < -0.4 is 5.32 Å². The molecular formula is C29H29N5O2S. The molecule has 0 fully saturated rings. The summed E-state index contributed by atoms with van der Waals surface area (Å²) in [6.45, 7) is 3.28. The summed E-state index contributed by atoms with van der Waals surface area (Å²) in [6.07, 6.45) is 1.77. The van der Waals surface area contributed by atoms with Crippen LogP contribution in [0, 0.1) is 0 Å². The van der Waals surface area contributed by atoms with Crippen molar-refractivity contribution >= 4 is 21.1 Å². The van der Waals surface area contributed by atoms with Gasteiger partial charge in [-0.2, -0.15) is 4.31 Å². The van der Waals surface area contributed by atoms with Crippen LogP contribution in [0.15, 0.2) is 108 Å². The zero-order chi connectivity index (χ0) is 25.7. The molecule has 0 saturated heterocycles. The normalized spacial score (nSPS) is 12.7. The highest BCUT2D eigenvalue weighted by atomic mass is 32.2. The first kappa shape index (κ1) is 24.8. The Morgan fingerprint density at radius 3 is 2.32 bits per heavy atom. The van der Waals surface area contributed by atoms with Crippen LogP contribution in [-0.2, 0) is 29.7 Å². The van der Waals surface area contributed by atoms with Gasteiger partial charge < -0.3 is 10.3 Å². The van der Waals surface area contributed by atoms with Crippen LogP contribution in [0.25, 0.3) is 11.0 Å². The molecule has 8 heteroatoms. The minimum Gasteiger partial charge on any atom is -0.341 e. The maximum absolute atomic E-state index is 13.9. The lowest BCUT2D eigenvalue weighted by Crippen LogP contribution is -2.33. The number of fused-ring (bicyclic) bond motifs is 1. The second-order valence-corrected chi connectivity index (χ2v) is 10.8. The van der Waals surface area contributed by atoms with Gasteiger partial charge in [0.2, 0.25) is 10.0 Å². The topological polar surface area (TPSA) is 91.0 Å². The standard InChI is InChI=1S/C29H29N5O2S/c1-22(24-9-3-2-4-10-24)34(21-29-32-27-12-5-6-13-28(27)33-29)37(35,36)26-16-14-23(15-17-26)19-30-20-25-11-7-8-18-31-25/h2-18,22,30H,19-21H2,1H3,(H,32,33). The number of nitrogens with zero attached hydrogens (tertiary/aromatic N) is 3. The summed E-state index contributed by atoms with van der Waals surface area (Å²) in [7, 11) is -3.82. The Balaban J connectivity index is 1.38. The van der Waals surface area contributed by atoms with Crippen LogP contribution in [0.2, 0.25) is 0 Å². The summed E-state index contributed by atoms with van der Waals surface area (Å²) < 4.78 is 29.4. The Bertz CT molecular complexity index is 1520. The van der Waals surface area contributed by atoms with Crippen molar-refractivity contribution in [3.05, 3.63) is 126 Å². The summed E-state index contributed by atoms with van der Waals surface area (Å²) in [5.41, 5.74) is 4.56. The molecule has 0 saturated carbocycles. The van der Waals surface area contributed by atoms with E-state index in [0.717, 1.165) is 27.9 Å². The van der Waals surface area contributed by atoms with Crippen LogP contribution in [0.1, 0.15) is 35.6 Å². The van der Waals surface area contributed by atoms with Crippen molar-refractivity contribution in [3.8, 4) is 0 Å². The van der Waals surface area contributed by atoms with Crippen LogP contribution in [-0.4, -0.2) is 27.7 Å². The van der Waals surface area contributed by atoms with E-state index in [1.54, 1.807) is 18.3 Å². The van der Waals surface area contributed by atoms with Gasteiger partial charge in [-0.3, -0.25) is 4.98 Å². The summed E-state index contributed by atoms with van der Waals surface area (Å²) in [4.78, 5) is 12.5. The third kappa shape index (κ3) is 5.77. The van der Waals surface area contributed by atoms with Gasteiger partial charge in [0.05, 0.1) is 28.2 Å². The molecule has 2 heterocycles. The molecule has 0 aliphatic rings. The summed E-state index contributed by atoms with van der Waals surface area (Å²) in [6, 6.07) is 29.8. The number of nitrogens with one attached hydrogen (secondary N) is 2. The second kappa shape index (κ2) is 11.0. The first-order chi connectivity index (χ1) is 18.0. The van der Waals surface area contributed by atoms with E-state index in [9.17, 15) is 8.42 Å². The fourth-order valence-electron chi connectivity index (χ4n) is 4.31. The van der Waals surface area contributed by atoms with Gasteiger partial charge in [-0.05, 0) is 54.4 Å². The van der Waals surface area contributed by atoms with Gasteiger partial charge in [0.15, 0.2) is 0 Å². The number of benzene rings is 3. The van der Waals surface area contributed by atoms with Gasteiger partial charge in [-0.1, -0.05) is 60.7 Å². The number of pyridine rings is 1. The fraction of sp³-hybridized carbons (Fsp3) is 0.172. The zero-order valence-corrected chi connectivity index (χ0v) is 21.4. The van der Waals surface area contributed by atoms with Crippen molar-refractivity contribution in [2.75, 3.05) is 0 Å². The van der Waals surface area contributed by atoms with Crippen molar-refractivity contribution < 1.29 is 8.42 Å². The average molecular weight is 512 g/mol. The number of H-pyrrole nitrogens is 1. The molecule has 7 nitrogen and oxygen atoms in total. The highest BCUT2D eigenvalue weighted by molar-refractivity contribution is 7.89. The largest absolute Gasteiger partial charge is 0.341 e. The van der Waals surface area contributed by atoms with E-state index in [1.807, 2.05) is 91.9 Å². The van der Waals surface area contributed by atoms with E-state index in [-0.39, 0.29) is 17.5 Å². The Labute approximate surface area is 217 Å². The van der Waals surface area contributed by atoms with E-state index in [1.165, 1.54) is 4.31 Å². The minimum atomic E-state index is -3.82. The molecule has 37 heavy (non-hydrogen) atoms. The molecule has 0 bridgehead atoms. The molecule has 5 rings (SSSR count). The molecule has 0 aliphatic carbocycles. The molecule has 3 aromatic carbocycles. The number of para-hydroxylation sites is 2. The monoisotopic (exact) mass is 511 g/mol. The first-order valence-electron chi connectivity index (χ1n) is 12.2. The Kier molecular flexibility index (Phi) is 7.41. The maximum atomic E-state index is 13.9. The number of aromatic nitrogens is 3. The van der Waals surface area contributed by atoms with E-state index in [4.69, 9.17) is 0 Å². The van der Waals surface area contributed by atoms with Crippen molar-refractivity contribution in [1.29, 1.82) is 0 Å². The highest BCUT2D eigenvalue weighted by Crippen LogP contribution is 2.29. The van der Waals surface area contributed by atoms with Gasteiger partial charge in [0, 0.05) is 25.3 Å². The molecule has 1 unspecified atom stereocenters. The zero-order valence-electron chi connectivity index (χ0n) is 20.6. The van der Waals surface area contributed by atoms with Crippen LogP contribution in [0.4, 0.5) is 0 Å². The Morgan fingerprint density at radius 2 is 1.59 bits per heavy atom. The molecule has 0 spiro atoms. The summed E-state index contributed by atoms with van der Waals surface area (Å²) in [5.74, 6) is 0.600. The van der Waals surface area contributed by atoms with Crippen molar-refractivity contribution in [1.82, 2.24) is 24.6 Å². The summed E-state index contributed by atoms with van der Waals surface area (Å²) >= 11 is 0. The predicted molar refractivity (Wildman–Crippen MR) is 145 cm³/mol. The number of hydrogen-bond acceptors (Lipinski definition) is 5. The van der Waals surface area contributed by atoms with E-state index < -0.39 is 10.0 Å². The van der Waals surface area contributed by atoms with E-state index in [0.29, 0.717) is 18.9 Å². The summed E-state index contributed by atoms with van der Waals surface area (Å²) in [5, 5.41) is 3.35. The lowest BCUT2D eigenvalue weighted by atomic mass is 10.1. The lowest BCUT2D eigenvalue weighted by Gasteiger charge is -2.28. The Hall–Kier alpha value is -3.85. The van der Waals surface area contributed by atoms with Crippen molar-refractivity contribution in [2.24, 2.45) is 0 Å². The number of sulfonamides is 1. The molecule has 1 atom stereocenters. The number of imidazole rings is 1. The number of rotatable bonds is 10. The number of hydrogen-bond donors (Lipinski definition) is 2. The van der Waals surface area contributed by atoms with E-state index in [2.05, 4.69) is 20.3 Å². The van der Waals surface area contributed by atoms with Gasteiger partial charge in [-0.25, -0.2) is 13.4 Å². The first-order valence-corrected chi connectivity index (χ1v) is 13.6. The lowest BCUT2D eigenvalue weighted by molar-refractivity contribution is 0.330. The molecule has 2 aromatic heterocycles. The molecule has 0 radical (unpaired) electrons. The average Bonchev–Trinajstić information content (AvgIpc) is 3.35. The molecule has 0 amide bonds. The predicted octanol–water partition coefficient (Wildman–Crippen LogP) is 5.20. The smallest absolute Gasteiger partial charge is 0.244 e. The van der Waals surface area contributed by atoms with Crippen molar-refractivity contribution in [2.45, 2.75) is 37.5 Å². The molecule has 2 N–H and O–H groups in total. The van der Waals surface area contributed by atoms with Gasteiger partial charge >= 0.3 is 0 Å². The SMILES string of the molecule is CC(c1ccccc1)N(Cc1nc2ccccc2[nH]1)S(=O)(=O)c1ccc(CNCc2ccccn2)cc1. The molecule has 5 aromatic rings. The van der Waals surface area contributed by atoms with Crippen LogP contribution >= 0.6 is 0 Å². The number of aromatic amines is 1. The highest BCUT2D eigenvalue weighted by Gasteiger charge is 2.31. The molecular weight excluding hydrogens is 482 g/mol. The Morgan fingerprint density at radius 1 is 0.865 bits per heavy atom. The maximum Gasteiger partial charge on any atom is 0.244 e. The van der Waals surface area contributed by atoms with Crippen molar-refractivity contribution in [3.63, 3.8) is 0 Å². The fourth-order valence-corrected chi connectivity index (χ4v) is 5.89.